The number of ether oxygens (including phenoxy) is 3. The van der Waals surface area contributed by atoms with Crippen molar-refractivity contribution in [3.05, 3.63) is 22.7 Å². The molecule has 1 unspecified atom stereocenters. The zero-order valence-electron chi connectivity index (χ0n) is 9.77. The second kappa shape index (κ2) is 4.73. The average molecular weight is 271 g/mol. The number of hydrogen-bond donors (Lipinski definition) is 1. The van der Waals surface area contributed by atoms with E-state index in [-0.39, 0.29) is 11.0 Å². The lowest BCUT2D eigenvalue weighted by Gasteiger charge is -2.15. The number of halogens is 1. The maximum Gasteiger partial charge on any atom is 0.296 e. The van der Waals surface area contributed by atoms with Crippen molar-refractivity contribution in [2.45, 2.75) is 6.10 Å². The topological polar surface area (TPSA) is 83.1 Å². The number of nitrogens with zero attached hydrogens (tertiary/aromatic N) is 1. The van der Waals surface area contributed by atoms with E-state index < -0.39 is 12.0 Å². The Labute approximate surface area is 108 Å². The summed E-state index contributed by atoms with van der Waals surface area (Å²) in [5, 5.41) is 0.236. The second-order valence-corrected chi connectivity index (χ2v) is 3.87. The lowest BCUT2D eigenvalue weighted by molar-refractivity contribution is -0.122. The first-order valence-electron chi connectivity index (χ1n) is 5.03. The number of amides is 1. The maximum atomic E-state index is 11.6. The number of carbonyl (C=O) groups is 1. The molecule has 0 saturated carbocycles. The molecular weight excluding hydrogens is 260 g/mol. The summed E-state index contributed by atoms with van der Waals surface area (Å²) in [6, 6.07) is 3.07. The molecule has 1 aromatic carbocycles. The third-order valence-corrected chi connectivity index (χ3v) is 2.87. The summed E-state index contributed by atoms with van der Waals surface area (Å²) in [5.74, 6) is 0.297. The van der Waals surface area contributed by atoms with E-state index in [4.69, 9.17) is 31.5 Å². The molecule has 7 heteroatoms. The van der Waals surface area contributed by atoms with Crippen LogP contribution in [0.3, 0.4) is 0 Å². The van der Waals surface area contributed by atoms with Crippen LogP contribution in [0.25, 0.3) is 0 Å². The summed E-state index contributed by atoms with van der Waals surface area (Å²) in [5.41, 5.74) is 5.77. The fraction of sp³-hybridized carbons (Fsp3) is 0.273. The lowest BCUT2D eigenvalue weighted by Crippen LogP contribution is -2.14. The quantitative estimate of drug-likeness (QED) is 0.894. The van der Waals surface area contributed by atoms with E-state index in [1.807, 2.05) is 0 Å². The molecule has 0 radical (unpaired) electrons. The van der Waals surface area contributed by atoms with Crippen LogP contribution < -0.4 is 15.2 Å². The Morgan fingerprint density at radius 1 is 1.39 bits per heavy atom. The van der Waals surface area contributed by atoms with E-state index in [9.17, 15) is 4.79 Å². The number of hydrogen-bond acceptors (Lipinski definition) is 5. The first kappa shape index (κ1) is 12.5. The van der Waals surface area contributed by atoms with Crippen molar-refractivity contribution in [1.29, 1.82) is 0 Å². The number of benzene rings is 1. The molecule has 0 saturated heterocycles. The third-order valence-electron chi connectivity index (χ3n) is 2.48. The van der Waals surface area contributed by atoms with Gasteiger partial charge >= 0.3 is 0 Å². The summed E-state index contributed by atoms with van der Waals surface area (Å²) < 4.78 is 15.3. The summed E-state index contributed by atoms with van der Waals surface area (Å²) >= 11 is 6.16. The van der Waals surface area contributed by atoms with Gasteiger partial charge in [0.2, 0.25) is 6.10 Å². The van der Waals surface area contributed by atoms with Crippen LogP contribution in [0.4, 0.5) is 0 Å². The molecule has 2 N–H and O–H groups in total. The van der Waals surface area contributed by atoms with Crippen molar-refractivity contribution >= 4 is 23.5 Å². The van der Waals surface area contributed by atoms with E-state index in [0.29, 0.717) is 17.1 Å². The molecule has 1 atom stereocenters. The number of nitrogens with two attached hydrogens (primary N) is 1. The Morgan fingerprint density at radius 2 is 2.11 bits per heavy atom. The molecule has 18 heavy (non-hydrogen) atoms. The fourth-order valence-corrected chi connectivity index (χ4v) is 2.00. The van der Waals surface area contributed by atoms with Crippen LogP contribution in [0.2, 0.25) is 5.02 Å². The molecule has 1 heterocycles. The summed E-state index contributed by atoms with van der Waals surface area (Å²) in [6.07, 6.45) is -0.933. The fourth-order valence-electron chi connectivity index (χ4n) is 1.67. The molecule has 1 aliphatic rings. The Hall–Kier alpha value is -1.95. The van der Waals surface area contributed by atoms with Gasteiger partial charge in [0.15, 0.2) is 11.5 Å². The molecule has 0 fully saturated rings. The first-order chi connectivity index (χ1) is 8.58. The van der Waals surface area contributed by atoms with Crippen molar-refractivity contribution in [3.8, 4) is 11.5 Å². The molecule has 1 aliphatic heterocycles. The molecule has 0 spiro atoms. The van der Waals surface area contributed by atoms with Gasteiger partial charge in [-0.05, 0) is 12.1 Å². The van der Waals surface area contributed by atoms with Crippen molar-refractivity contribution in [2.75, 3.05) is 14.2 Å². The van der Waals surface area contributed by atoms with Crippen LogP contribution in [-0.4, -0.2) is 26.1 Å². The maximum absolute atomic E-state index is 11.6. The van der Waals surface area contributed by atoms with Gasteiger partial charge in [-0.15, -0.1) is 0 Å². The molecule has 0 aromatic heterocycles. The highest BCUT2D eigenvalue weighted by Crippen LogP contribution is 2.41. The van der Waals surface area contributed by atoms with Gasteiger partial charge in [-0.25, -0.2) is 0 Å². The van der Waals surface area contributed by atoms with Gasteiger partial charge in [0.1, 0.15) is 0 Å². The lowest BCUT2D eigenvalue weighted by atomic mass is 10.1. The Kier molecular flexibility index (Phi) is 3.29. The standard InChI is InChI=1S/C11H11ClN2O4/c1-16-6-4-3-5(7(12)9(6)17-2)8-10(15)14-11(13)18-8/h3-4,8H,1-2H3,(H2,13,14,15). The SMILES string of the molecule is COc1ccc(C2OC(N)=NC2=O)c(Cl)c1OC. The van der Waals surface area contributed by atoms with Crippen LogP contribution in [-0.2, 0) is 9.53 Å². The first-order valence-corrected chi connectivity index (χ1v) is 5.41. The second-order valence-electron chi connectivity index (χ2n) is 3.49. The monoisotopic (exact) mass is 270 g/mol. The van der Waals surface area contributed by atoms with E-state index in [2.05, 4.69) is 4.99 Å². The highest BCUT2D eigenvalue weighted by molar-refractivity contribution is 6.33. The average Bonchev–Trinajstić information content (AvgIpc) is 2.67. The minimum Gasteiger partial charge on any atom is -0.493 e. The van der Waals surface area contributed by atoms with Crippen LogP contribution >= 0.6 is 11.6 Å². The minimum absolute atomic E-state index is 0.171. The highest BCUT2D eigenvalue weighted by atomic mass is 35.5. The Balaban J connectivity index is 2.44. The molecule has 6 nitrogen and oxygen atoms in total. The van der Waals surface area contributed by atoms with Gasteiger partial charge in [-0.2, -0.15) is 4.99 Å². The Bertz CT molecular complexity index is 530. The zero-order chi connectivity index (χ0) is 13.3. The molecule has 1 aromatic rings. The largest absolute Gasteiger partial charge is 0.493 e. The van der Waals surface area contributed by atoms with Gasteiger partial charge in [0, 0.05) is 5.56 Å². The van der Waals surface area contributed by atoms with Crippen molar-refractivity contribution in [3.63, 3.8) is 0 Å². The molecule has 1 amide bonds. The smallest absolute Gasteiger partial charge is 0.296 e. The van der Waals surface area contributed by atoms with Gasteiger partial charge in [-0.1, -0.05) is 11.6 Å². The van der Waals surface area contributed by atoms with Gasteiger partial charge in [0.05, 0.1) is 19.2 Å². The van der Waals surface area contributed by atoms with Gasteiger partial charge in [0.25, 0.3) is 11.9 Å². The molecule has 0 aliphatic carbocycles. The van der Waals surface area contributed by atoms with Crippen LogP contribution in [0.5, 0.6) is 11.5 Å². The van der Waals surface area contributed by atoms with Crippen LogP contribution in [0, 0.1) is 0 Å². The number of carbonyl (C=O) groups excluding carboxylic acids is 1. The predicted octanol–water partition coefficient (Wildman–Crippen LogP) is 1.27. The van der Waals surface area contributed by atoms with E-state index >= 15 is 0 Å². The van der Waals surface area contributed by atoms with Gasteiger partial charge in [-0.3, -0.25) is 4.79 Å². The van der Waals surface area contributed by atoms with Crippen LogP contribution in [0.1, 0.15) is 11.7 Å². The molecule has 2 rings (SSSR count). The normalized spacial score (nSPS) is 18.3. The summed E-state index contributed by atoms with van der Waals surface area (Å²) in [4.78, 5) is 15.1. The number of amidine groups is 1. The Morgan fingerprint density at radius 3 is 2.61 bits per heavy atom. The molecule has 96 valence electrons. The van der Waals surface area contributed by atoms with E-state index in [1.165, 1.54) is 14.2 Å². The van der Waals surface area contributed by atoms with Gasteiger partial charge < -0.3 is 19.9 Å². The van der Waals surface area contributed by atoms with Crippen molar-refractivity contribution < 1.29 is 19.0 Å². The highest BCUT2D eigenvalue weighted by Gasteiger charge is 2.32. The van der Waals surface area contributed by atoms with E-state index in [0.717, 1.165) is 0 Å². The van der Waals surface area contributed by atoms with Crippen molar-refractivity contribution in [2.24, 2.45) is 10.7 Å². The summed E-state index contributed by atoms with van der Waals surface area (Å²) in [7, 11) is 2.95. The summed E-state index contributed by atoms with van der Waals surface area (Å²) in [6.45, 7) is 0. The third kappa shape index (κ3) is 1.95. The van der Waals surface area contributed by atoms with E-state index in [1.54, 1.807) is 12.1 Å². The van der Waals surface area contributed by atoms with Crippen LogP contribution in [0.15, 0.2) is 17.1 Å². The zero-order valence-corrected chi connectivity index (χ0v) is 10.5. The minimum atomic E-state index is -0.933. The predicted molar refractivity (Wildman–Crippen MR) is 65.0 cm³/mol. The number of aliphatic imine (C=N–C) groups is 1. The molecule has 0 bridgehead atoms. The van der Waals surface area contributed by atoms with Crippen molar-refractivity contribution in [1.82, 2.24) is 0 Å². The number of methoxy groups -OCH3 is 2. The molecular formula is C11H11ClN2O4. The number of rotatable bonds is 3.